The minimum atomic E-state index is -1.22. The molecule has 0 spiro atoms. The zero-order chi connectivity index (χ0) is 14.2. The van der Waals surface area contributed by atoms with E-state index in [0.29, 0.717) is 43.9 Å². The number of hydrogen-bond acceptors (Lipinski definition) is 3. The number of para-hydroxylation sites is 2. The summed E-state index contributed by atoms with van der Waals surface area (Å²) in [4.78, 5) is 25.8. The molecule has 3 rings (SSSR count). The third-order valence-corrected chi connectivity index (χ3v) is 4.21. The van der Waals surface area contributed by atoms with Gasteiger partial charge in [0.1, 0.15) is 11.2 Å². The molecule has 1 N–H and O–H groups in total. The summed E-state index contributed by atoms with van der Waals surface area (Å²) >= 11 is 0. The number of fused-ring (bicyclic) bond motifs is 1. The molecule has 5 heteroatoms. The number of carboxylic acid groups (broad SMARTS) is 1. The van der Waals surface area contributed by atoms with Gasteiger partial charge in [0, 0.05) is 6.54 Å². The molecule has 1 fully saturated rings. The van der Waals surface area contributed by atoms with E-state index in [1.807, 2.05) is 24.3 Å². The molecule has 0 aromatic heterocycles. The van der Waals surface area contributed by atoms with Gasteiger partial charge in [-0.2, -0.15) is 0 Å². The first-order valence-corrected chi connectivity index (χ1v) is 6.92. The van der Waals surface area contributed by atoms with Crippen LogP contribution in [0.5, 0.6) is 5.75 Å². The Balaban J connectivity index is 1.97. The van der Waals surface area contributed by atoms with Crippen molar-refractivity contribution in [2.45, 2.75) is 25.7 Å². The van der Waals surface area contributed by atoms with Crippen molar-refractivity contribution in [3.63, 3.8) is 0 Å². The second kappa shape index (κ2) is 4.81. The Kier molecular flexibility index (Phi) is 3.12. The number of amides is 1. The Labute approximate surface area is 117 Å². The van der Waals surface area contributed by atoms with E-state index in [9.17, 15) is 14.7 Å². The predicted octanol–water partition coefficient (Wildman–Crippen LogP) is 2.06. The van der Waals surface area contributed by atoms with Crippen molar-refractivity contribution in [3.05, 3.63) is 24.3 Å². The van der Waals surface area contributed by atoms with Crippen LogP contribution in [-0.4, -0.2) is 30.1 Å². The van der Waals surface area contributed by atoms with Crippen LogP contribution in [0.4, 0.5) is 5.69 Å². The van der Waals surface area contributed by atoms with Crippen LogP contribution in [0.25, 0.3) is 0 Å². The Hall–Kier alpha value is -2.04. The molecule has 1 aromatic carbocycles. The van der Waals surface area contributed by atoms with E-state index in [2.05, 4.69) is 0 Å². The molecule has 20 heavy (non-hydrogen) atoms. The van der Waals surface area contributed by atoms with Gasteiger partial charge in [-0.05, 0) is 31.4 Å². The van der Waals surface area contributed by atoms with Crippen LogP contribution in [0, 0.1) is 5.41 Å². The largest absolute Gasteiger partial charge is 0.491 e. The van der Waals surface area contributed by atoms with Crippen LogP contribution in [0.3, 0.4) is 0 Å². The van der Waals surface area contributed by atoms with E-state index in [1.165, 1.54) is 0 Å². The summed E-state index contributed by atoms with van der Waals surface area (Å²) in [7, 11) is 0. The molecule has 1 aliphatic carbocycles. The van der Waals surface area contributed by atoms with E-state index in [-0.39, 0.29) is 5.91 Å². The molecule has 2 aliphatic rings. The molecule has 5 nitrogen and oxygen atoms in total. The minimum Gasteiger partial charge on any atom is -0.491 e. The first-order chi connectivity index (χ1) is 9.65. The zero-order valence-corrected chi connectivity index (χ0v) is 11.2. The lowest BCUT2D eigenvalue weighted by molar-refractivity contribution is -0.160. The van der Waals surface area contributed by atoms with Gasteiger partial charge in [0.25, 0.3) is 0 Å². The molecule has 1 aromatic rings. The van der Waals surface area contributed by atoms with E-state index in [1.54, 1.807) is 4.90 Å². The van der Waals surface area contributed by atoms with E-state index >= 15 is 0 Å². The van der Waals surface area contributed by atoms with Gasteiger partial charge in [0.05, 0.1) is 12.3 Å². The molecule has 1 aliphatic heterocycles. The number of anilines is 1. The number of nitrogens with zero attached hydrogens (tertiary/aromatic N) is 1. The zero-order valence-electron chi connectivity index (χ0n) is 11.2. The van der Waals surface area contributed by atoms with E-state index < -0.39 is 11.4 Å². The first kappa shape index (κ1) is 13.0. The van der Waals surface area contributed by atoms with Crippen LogP contribution >= 0.6 is 0 Å². The Morgan fingerprint density at radius 2 is 1.95 bits per heavy atom. The molecule has 1 heterocycles. The summed E-state index contributed by atoms with van der Waals surface area (Å²) in [6.07, 6.45) is 2.36. The molecule has 106 valence electrons. The highest BCUT2D eigenvalue weighted by atomic mass is 16.5. The Morgan fingerprint density at radius 3 is 2.60 bits per heavy atom. The van der Waals surface area contributed by atoms with Gasteiger partial charge in [0.15, 0.2) is 0 Å². The minimum absolute atomic E-state index is 0.297. The Bertz CT molecular complexity index is 551. The molecule has 0 atom stereocenters. The molecule has 1 saturated carbocycles. The van der Waals surface area contributed by atoms with Crippen molar-refractivity contribution in [3.8, 4) is 5.75 Å². The number of hydrogen-bond donors (Lipinski definition) is 1. The lowest BCUT2D eigenvalue weighted by atomic mass is 9.67. The van der Waals surface area contributed by atoms with Crippen LogP contribution in [0.2, 0.25) is 0 Å². The predicted molar refractivity (Wildman–Crippen MR) is 72.8 cm³/mol. The first-order valence-electron chi connectivity index (χ1n) is 6.92. The molecular weight excluding hydrogens is 258 g/mol. The quantitative estimate of drug-likeness (QED) is 0.839. The standard InChI is InChI=1S/C15H17NO4/c17-13(15(14(18)19)7-3-8-15)16-9-4-10-20-12-6-2-1-5-11(12)16/h1-2,5-6H,3-4,7-10H2,(H,18,19). The smallest absolute Gasteiger partial charge is 0.319 e. The van der Waals surface area contributed by atoms with Gasteiger partial charge in [-0.15, -0.1) is 0 Å². The number of aliphatic carboxylic acids is 1. The van der Waals surface area contributed by atoms with Crippen molar-refractivity contribution in [2.24, 2.45) is 5.41 Å². The number of carboxylic acids is 1. The van der Waals surface area contributed by atoms with Crippen LogP contribution in [0.15, 0.2) is 24.3 Å². The average Bonchev–Trinajstić information content (AvgIpc) is 2.58. The number of rotatable bonds is 2. The topological polar surface area (TPSA) is 66.8 Å². The number of carbonyl (C=O) groups excluding carboxylic acids is 1. The van der Waals surface area contributed by atoms with Crippen LogP contribution < -0.4 is 9.64 Å². The molecular formula is C15H17NO4. The van der Waals surface area contributed by atoms with Gasteiger partial charge in [-0.3, -0.25) is 9.59 Å². The molecule has 0 unspecified atom stereocenters. The number of ether oxygens (including phenoxy) is 1. The normalized spacial score (nSPS) is 20.1. The van der Waals surface area contributed by atoms with Crippen LogP contribution in [-0.2, 0) is 9.59 Å². The highest BCUT2D eigenvalue weighted by Gasteiger charge is 2.53. The van der Waals surface area contributed by atoms with Crippen LogP contribution in [0.1, 0.15) is 25.7 Å². The monoisotopic (exact) mass is 275 g/mol. The lowest BCUT2D eigenvalue weighted by Gasteiger charge is -2.39. The SMILES string of the molecule is O=C(O)C1(C(=O)N2CCCOc3ccccc32)CCC1. The van der Waals surface area contributed by atoms with Gasteiger partial charge in [-0.1, -0.05) is 18.6 Å². The van der Waals surface area contributed by atoms with E-state index in [4.69, 9.17) is 4.74 Å². The van der Waals surface area contributed by atoms with Gasteiger partial charge >= 0.3 is 5.97 Å². The lowest BCUT2D eigenvalue weighted by Crippen LogP contribution is -2.53. The van der Waals surface area contributed by atoms with Crippen molar-refractivity contribution < 1.29 is 19.4 Å². The molecule has 1 amide bonds. The third kappa shape index (κ3) is 1.85. The molecule has 0 radical (unpaired) electrons. The highest BCUT2D eigenvalue weighted by molar-refractivity contribution is 6.10. The molecule has 0 bridgehead atoms. The summed E-state index contributed by atoms with van der Waals surface area (Å²) in [6.45, 7) is 1.05. The van der Waals surface area contributed by atoms with E-state index in [0.717, 1.165) is 6.42 Å². The maximum atomic E-state index is 12.7. The maximum absolute atomic E-state index is 12.7. The second-order valence-corrected chi connectivity index (χ2v) is 5.37. The molecule has 0 saturated heterocycles. The maximum Gasteiger partial charge on any atom is 0.319 e. The van der Waals surface area contributed by atoms with Crippen molar-refractivity contribution >= 4 is 17.6 Å². The number of carbonyl (C=O) groups is 2. The van der Waals surface area contributed by atoms with Crippen molar-refractivity contribution in [2.75, 3.05) is 18.1 Å². The van der Waals surface area contributed by atoms with Crippen molar-refractivity contribution in [1.29, 1.82) is 0 Å². The average molecular weight is 275 g/mol. The highest BCUT2D eigenvalue weighted by Crippen LogP contribution is 2.45. The van der Waals surface area contributed by atoms with Gasteiger partial charge in [0.2, 0.25) is 5.91 Å². The second-order valence-electron chi connectivity index (χ2n) is 5.37. The van der Waals surface area contributed by atoms with Gasteiger partial charge < -0.3 is 14.7 Å². The summed E-state index contributed by atoms with van der Waals surface area (Å²) < 4.78 is 5.61. The Morgan fingerprint density at radius 1 is 1.20 bits per heavy atom. The summed E-state index contributed by atoms with van der Waals surface area (Å²) in [5.74, 6) is -0.649. The van der Waals surface area contributed by atoms with Crippen molar-refractivity contribution in [1.82, 2.24) is 0 Å². The third-order valence-electron chi connectivity index (χ3n) is 4.21. The fourth-order valence-electron chi connectivity index (χ4n) is 2.85. The fourth-order valence-corrected chi connectivity index (χ4v) is 2.85. The summed E-state index contributed by atoms with van der Waals surface area (Å²) in [5, 5.41) is 9.42. The number of benzene rings is 1. The van der Waals surface area contributed by atoms with Gasteiger partial charge in [-0.25, -0.2) is 0 Å². The summed E-state index contributed by atoms with van der Waals surface area (Å²) in [6, 6.07) is 7.31. The fraction of sp³-hybridized carbons (Fsp3) is 0.467. The summed E-state index contributed by atoms with van der Waals surface area (Å²) in [5.41, 5.74) is -0.542.